The molecule has 0 radical (unpaired) electrons. The quantitative estimate of drug-likeness (QED) is 0.684. The van der Waals surface area contributed by atoms with Crippen LogP contribution in [0.2, 0.25) is 0 Å². The Labute approximate surface area is 69.8 Å². The number of rotatable bonds is 1. The fourth-order valence-electron chi connectivity index (χ4n) is 0.966. The Hall–Kier alpha value is -1.79. The molecule has 2 aromatic rings. The molecule has 0 amide bonds. The fraction of sp³-hybridized carbons (Fsp3) is 0.167. The zero-order valence-electron chi connectivity index (χ0n) is 6.21. The predicted octanol–water partition coefficient (Wildman–Crippen LogP) is 0.584. The second-order valence-corrected chi connectivity index (χ2v) is 2.38. The van der Waals surface area contributed by atoms with Crippen LogP contribution in [0.3, 0.4) is 0 Å². The molecule has 0 atom stereocenters. The van der Waals surface area contributed by atoms with Crippen molar-refractivity contribution in [2.75, 3.05) is 0 Å². The Morgan fingerprint density at radius 3 is 2.92 bits per heavy atom. The minimum absolute atomic E-state index is 0.0686. The minimum atomic E-state index is -2.79. The molecule has 0 aliphatic heterocycles. The number of alkyl halides is 2. The lowest BCUT2D eigenvalue weighted by Gasteiger charge is -1.96. The average Bonchev–Trinajstić information content (AvgIpc) is 2.51. The molecule has 68 valence electrons. The zero-order valence-corrected chi connectivity index (χ0v) is 6.21. The van der Waals surface area contributed by atoms with E-state index in [1.165, 1.54) is 6.20 Å². The van der Waals surface area contributed by atoms with E-state index in [1.54, 1.807) is 0 Å². The number of nitrogens with one attached hydrogen (secondary N) is 2. The highest BCUT2D eigenvalue weighted by atomic mass is 19.3. The van der Waals surface area contributed by atoms with E-state index in [0.29, 0.717) is 0 Å². The molecule has 2 rings (SSSR count). The third kappa shape index (κ3) is 1.17. The van der Waals surface area contributed by atoms with Gasteiger partial charge in [-0.25, -0.2) is 13.8 Å². The van der Waals surface area contributed by atoms with E-state index in [2.05, 4.69) is 15.2 Å². The Kier molecular flexibility index (Phi) is 1.57. The van der Waals surface area contributed by atoms with E-state index in [9.17, 15) is 13.6 Å². The maximum Gasteiger partial charge on any atom is 0.295 e. The van der Waals surface area contributed by atoms with Crippen molar-refractivity contribution in [3.63, 3.8) is 0 Å². The van der Waals surface area contributed by atoms with Gasteiger partial charge >= 0.3 is 0 Å². The van der Waals surface area contributed by atoms with Crippen LogP contribution in [0.25, 0.3) is 11.0 Å². The molecule has 13 heavy (non-hydrogen) atoms. The third-order valence-corrected chi connectivity index (χ3v) is 1.54. The molecule has 0 aromatic carbocycles. The summed E-state index contributed by atoms with van der Waals surface area (Å²) in [5, 5.41) is 6.02. The molecule has 0 aliphatic rings. The first-order chi connectivity index (χ1) is 6.18. The topological polar surface area (TPSA) is 74.4 Å². The van der Waals surface area contributed by atoms with Gasteiger partial charge in [0.05, 0.1) is 6.20 Å². The highest BCUT2D eigenvalue weighted by Gasteiger charge is 2.12. The lowest BCUT2D eigenvalue weighted by Crippen LogP contribution is -2.11. The van der Waals surface area contributed by atoms with E-state index in [-0.39, 0.29) is 11.0 Å². The van der Waals surface area contributed by atoms with E-state index in [1.807, 2.05) is 4.98 Å². The molecule has 7 heteroatoms. The first-order valence-electron chi connectivity index (χ1n) is 3.40. The van der Waals surface area contributed by atoms with Gasteiger partial charge in [-0.1, -0.05) is 0 Å². The summed E-state index contributed by atoms with van der Waals surface area (Å²) in [7, 11) is 0. The maximum atomic E-state index is 12.1. The van der Waals surface area contributed by atoms with Gasteiger partial charge in [-0.2, -0.15) is 5.10 Å². The van der Waals surface area contributed by atoms with Gasteiger partial charge in [0.1, 0.15) is 5.39 Å². The summed E-state index contributed by atoms with van der Waals surface area (Å²) in [6, 6.07) is 0. The zero-order chi connectivity index (χ0) is 9.42. The molecule has 0 unspecified atom stereocenters. The van der Waals surface area contributed by atoms with Gasteiger partial charge in [0, 0.05) is 0 Å². The van der Waals surface area contributed by atoms with Crippen LogP contribution in [-0.2, 0) is 0 Å². The SMILES string of the molecule is O=c1[nH]c(C(F)F)nc2[nH]ncc12. The first-order valence-corrected chi connectivity index (χ1v) is 3.40. The number of halogens is 2. The van der Waals surface area contributed by atoms with Gasteiger partial charge in [0.15, 0.2) is 11.5 Å². The van der Waals surface area contributed by atoms with Crippen LogP contribution >= 0.6 is 0 Å². The number of fused-ring (bicyclic) bond motifs is 1. The number of nitrogens with zero attached hydrogens (tertiary/aromatic N) is 2. The van der Waals surface area contributed by atoms with Crippen LogP contribution in [0, 0.1) is 0 Å². The molecule has 0 aliphatic carbocycles. The smallest absolute Gasteiger partial charge is 0.295 e. The van der Waals surface area contributed by atoms with Gasteiger partial charge in [0.2, 0.25) is 0 Å². The van der Waals surface area contributed by atoms with Crippen molar-refractivity contribution in [1.29, 1.82) is 0 Å². The van der Waals surface area contributed by atoms with Crippen LogP contribution in [0.1, 0.15) is 12.2 Å². The van der Waals surface area contributed by atoms with E-state index >= 15 is 0 Å². The molecular weight excluding hydrogens is 182 g/mol. The van der Waals surface area contributed by atoms with E-state index in [4.69, 9.17) is 0 Å². The molecule has 0 saturated carbocycles. The summed E-state index contributed by atoms with van der Waals surface area (Å²) in [5.41, 5.74) is -0.548. The normalized spacial score (nSPS) is 11.3. The van der Waals surface area contributed by atoms with Crippen molar-refractivity contribution >= 4 is 11.0 Å². The monoisotopic (exact) mass is 186 g/mol. The lowest BCUT2D eigenvalue weighted by molar-refractivity contribution is 0.140. The van der Waals surface area contributed by atoms with Crippen molar-refractivity contribution in [3.05, 3.63) is 22.4 Å². The highest BCUT2D eigenvalue weighted by Crippen LogP contribution is 2.13. The van der Waals surface area contributed by atoms with Crippen molar-refractivity contribution in [3.8, 4) is 0 Å². The summed E-state index contributed by atoms with van der Waals surface area (Å²) in [6.45, 7) is 0. The molecule has 0 saturated heterocycles. The van der Waals surface area contributed by atoms with Crippen molar-refractivity contribution in [1.82, 2.24) is 20.2 Å². The van der Waals surface area contributed by atoms with E-state index in [0.717, 1.165) is 0 Å². The number of H-pyrrole nitrogens is 2. The molecule has 2 heterocycles. The average molecular weight is 186 g/mol. The second kappa shape index (κ2) is 2.61. The molecule has 0 fully saturated rings. The Bertz CT molecular complexity index is 489. The van der Waals surface area contributed by atoms with Crippen LogP contribution < -0.4 is 5.56 Å². The van der Waals surface area contributed by atoms with Crippen molar-refractivity contribution in [2.45, 2.75) is 6.43 Å². The standard InChI is InChI=1S/C6H4F2N4O/c7-3(8)5-10-4-2(1-9-12-4)6(13)11-5/h1,3H,(H2,9,10,11,12,13). The maximum absolute atomic E-state index is 12.1. The molecule has 0 bridgehead atoms. The molecule has 0 spiro atoms. The number of aromatic amines is 2. The lowest BCUT2D eigenvalue weighted by atomic mass is 10.4. The second-order valence-electron chi connectivity index (χ2n) is 2.38. The van der Waals surface area contributed by atoms with Crippen LogP contribution in [-0.4, -0.2) is 20.2 Å². The van der Waals surface area contributed by atoms with E-state index < -0.39 is 17.8 Å². The van der Waals surface area contributed by atoms with Crippen LogP contribution in [0.4, 0.5) is 8.78 Å². The van der Waals surface area contributed by atoms with Gasteiger partial charge in [-0.05, 0) is 0 Å². The van der Waals surface area contributed by atoms with Gasteiger partial charge in [0.25, 0.3) is 12.0 Å². The van der Waals surface area contributed by atoms with Crippen LogP contribution in [0.15, 0.2) is 11.0 Å². The number of hydrogen-bond acceptors (Lipinski definition) is 3. The number of hydrogen-bond donors (Lipinski definition) is 2. The predicted molar refractivity (Wildman–Crippen MR) is 39.5 cm³/mol. The highest BCUT2D eigenvalue weighted by molar-refractivity contribution is 5.72. The van der Waals surface area contributed by atoms with Gasteiger partial charge < -0.3 is 4.98 Å². The summed E-state index contributed by atoms with van der Waals surface area (Å²) in [5.74, 6) is -0.651. The molecule has 5 nitrogen and oxygen atoms in total. The Morgan fingerprint density at radius 2 is 2.23 bits per heavy atom. The van der Waals surface area contributed by atoms with Gasteiger partial charge in [-0.3, -0.25) is 9.89 Å². The molecule has 2 aromatic heterocycles. The summed E-state index contributed by atoms with van der Waals surface area (Å²) in [4.78, 5) is 16.5. The molecule has 2 N–H and O–H groups in total. The minimum Gasteiger partial charge on any atom is -0.305 e. The number of aromatic nitrogens is 4. The molecular formula is C6H4F2N4O. The third-order valence-electron chi connectivity index (χ3n) is 1.54. The Morgan fingerprint density at radius 1 is 1.46 bits per heavy atom. The van der Waals surface area contributed by atoms with Crippen molar-refractivity contribution < 1.29 is 8.78 Å². The van der Waals surface area contributed by atoms with Crippen LogP contribution in [0.5, 0.6) is 0 Å². The largest absolute Gasteiger partial charge is 0.305 e. The first kappa shape index (κ1) is 7.84. The fourth-order valence-corrected chi connectivity index (χ4v) is 0.966. The van der Waals surface area contributed by atoms with Gasteiger partial charge in [-0.15, -0.1) is 0 Å². The summed E-state index contributed by atoms with van der Waals surface area (Å²) in [6.07, 6.45) is -1.56. The van der Waals surface area contributed by atoms with Crippen molar-refractivity contribution in [2.24, 2.45) is 0 Å². The summed E-state index contributed by atoms with van der Waals surface area (Å²) < 4.78 is 24.2. The summed E-state index contributed by atoms with van der Waals surface area (Å²) >= 11 is 0. The Balaban J connectivity index is 2.77.